The summed E-state index contributed by atoms with van der Waals surface area (Å²) in [5.74, 6) is 0.120. The molecule has 0 spiro atoms. The van der Waals surface area contributed by atoms with Gasteiger partial charge in [0.25, 0.3) is 0 Å². The lowest BCUT2D eigenvalue weighted by molar-refractivity contribution is -0.118. The standard InChI is InChI=1S/C13H14N4O/c1-17-12-5-3-2-4-10(12)11(6-13(17)18)16-9-7-14-15-8-9/h2-5,7-8,11,16H,6H2,1H3,(H,14,15). The van der Waals surface area contributed by atoms with E-state index >= 15 is 0 Å². The number of hydrogen-bond donors (Lipinski definition) is 2. The summed E-state index contributed by atoms with van der Waals surface area (Å²) in [4.78, 5) is 13.7. The molecule has 2 N–H and O–H groups in total. The van der Waals surface area contributed by atoms with Crippen LogP contribution in [-0.2, 0) is 4.79 Å². The molecule has 1 aliphatic rings. The molecule has 2 aromatic rings. The molecule has 2 heterocycles. The number of nitrogens with zero attached hydrogens (tertiary/aromatic N) is 2. The van der Waals surface area contributed by atoms with Crippen molar-refractivity contribution >= 4 is 17.3 Å². The Morgan fingerprint density at radius 2 is 2.28 bits per heavy atom. The van der Waals surface area contributed by atoms with E-state index in [0.717, 1.165) is 16.9 Å². The van der Waals surface area contributed by atoms with Crippen LogP contribution in [0.2, 0.25) is 0 Å². The van der Waals surface area contributed by atoms with Gasteiger partial charge in [-0.05, 0) is 11.6 Å². The number of anilines is 2. The number of para-hydroxylation sites is 1. The summed E-state index contributed by atoms with van der Waals surface area (Å²) in [5, 5.41) is 9.98. The van der Waals surface area contributed by atoms with Gasteiger partial charge in [0.2, 0.25) is 5.91 Å². The predicted octanol–water partition coefficient (Wildman–Crippen LogP) is 1.93. The van der Waals surface area contributed by atoms with Gasteiger partial charge < -0.3 is 10.2 Å². The molecule has 92 valence electrons. The fraction of sp³-hybridized carbons (Fsp3) is 0.231. The number of carbonyl (C=O) groups is 1. The number of H-pyrrole nitrogens is 1. The first kappa shape index (κ1) is 10.8. The van der Waals surface area contributed by atoms with Crippen LogP contribution in [0.3, 0.4) is 0 Å². The van der Waals surface area contributed by atoms with E-state index in [-0.39, 0.29) is 11.9 Å². The summed E-state index contributed by atoms with van der Waals surface area (Å²) >= 11 is 0. The van der Waals surface area contributed by atoms with Gasteiger partial charge in [0.15, 0.2) is 0 Å². The van der Waals surface area contributed by atoms with E-state index in [9.17, 15) is 4.79 Å². The quantitative estimate of drug-likeness (QED) is 0.846. The van der Waals surface area contributed by atoms with E-state index in [0.29, 0.717) is 6.42 Å². The van der Waals surface area contributed by atoms with Gasteiger partial charge in [-0.15, -0.1) is 0 Å². The third kappa shape index (κ3) is 1.73. The Kier molecular flexibility index (Phi) is 2.51. The fourth-order valence-electron chi connectivity index (χ4n) is 2.30. The van der Waals surface area contributed by atoms with Crippen LogP contribution in [0.1, 0.15) is 18.0 Å². The van der Waals surface area contributed by atoms with Crippen molar-refractivity contribution in [3.8, 4) is 0 Å². The lowest BCUT2D eigenvalue weighted by Crippen LogP contribution is -2.35. The molecule has 1 aromatic carbocycles. The number of aromatic amines is 1. The summed E-state index contributed by atoms with van der Waals surface area (Å²) < 4.78 is 0. The van der Waals surface area contributed by atoms with E-state index < -0.39 is 0 Å². The molecule has 5 nitrogen and oxygen atoms in total. The second-order valence-electron chi connectivity index (χ2n) is 4.40. The molecule has 1 amide bonds. The second-order valence-corrected chi connectivity index (χ2v) is 4.40. The molecule has 1 unspecified atom stereocenters. The minimum atomic E-state index is 0.00231. The monoisotopic (exact) mass is 242 g/mol. The van der Waals surface area contributed by atoms with Crippen LogP contribution in [0.25, 0.3) is 0 Å². The van der Waals surface area contributed by atoms with Crippen molar-refractivity contribution < 1.29 is 4.79 Å². The molecule has 1 aliphatic heterocycles. The average molecular weight is 242 g/mol. The molecule has 5 heteroatoms. The van der Waals surface area contributed by atoms with Crippen LogP contribution in [0.4, 0.5) is 11.4 Å². The normalized spacial score (nSPS) is 18.6. The van der Waals surface area contributed by atoms with Crippen LogP contribution < -0.4 is 10.2 Å². The van der Waals surface area contributed by atoms with Crippen LogP contribution in [0.5, 0.6) is 0 Å². The van der Waals surface area contributed by atoms with Crippen molar-refractivity contribution in [3.63, 3.8) is 0 Å². The Hall–Kier alpha value is -2.30. The van der Waals surface area contributed by atoms with Gasteiger partial charge in [-0.25, -0.2) is 0 Å². The number of aromatic nitrogens is 2. The molecule has 0 fully saturated rings. The molecule has 0 saturated heterocycles. The van der Waals surface area contributed by atoms with Gasteiger partial charge in [0.05, 0.1) is 24.3 Å². The summed E-state index contributed by atoms with van der Waals surface area (Å²) in [5.41, 5.74) is 3.00. The number of carbonyl (C=O) groups excluding carboxylic acids is 1. The zero-order chi connectivity index (χ0) is 12.5. The Labute approximate surface area is 105 Å². The van der Waals surface area contributed by atoms with E-state index in [1.807, 2.05) is 25.2 Å². The predicted molar refractivity (Wildman–Crippen MR) is 69.4 cm³/mol. The van der Waals surface area contributed by atoms with E-state index in [1.165, 1.54) is 0 Å². The smallest absolute Gasteiger partial charge is 0.229 e. The van der Waals surface area contributed by atoms with E-state index in [1.54, 1.807) is 17.3 Å². The molecule has 18 heavy (non-hydrogen) atoms. The molecule has 0 aliphatic carbocycles. The molecule has 0 radical (unpaired) electrons. The molecular weight excluding hydrogens is 228 g/mol. The number of rotatable bonds is 2. The van der Waals surface area contributed by atoms with Crippen LogP contribution in [-0.4, -0.2) is 23.2 Å². The largest absolute Gasteiger partial charge is 0.375 e. The van der Waals surface area contributed by atoms with E-state index in [2.05, 4.69) is 21.6 Å². The number of amides is 1. The SMILES string of the molecule is CN1C(=O)CC(Nc2cn[nH]c2)c2ccccc21. The van der Waals surface area contributed by atoms with Crippen molar-refractivity contribution in [2.24, 2.45) is 0 Å². The fourth-order valence-corrected chi connectivity index (χ4v) is 2.30. The first-order valence-corrected chi connectivity index (χ1v) is 5.86. The minimum absolute atomic E-state index is 0.00231. The van der Waals surface area contributed by atoms with Gasteiger partial charge in [0.1, 0.15) is 0 Å². The number of nitrogens with one attached hydrogen (secondary N) is 2. The molecule has 0 saturated carbocycles. The number of fused-ring (bicyclic) bond motifs is 1. The lowest BCUT2D eigenvalue weighted by atomic mass is 9.96. The Bertz CT molecular complexity index is 564. The van der Waals surface area contributed by atoms with Gasteiger partial charge in [-0.1, -0.05) is 18.2 Å². The number of hydrogen-bond acceptors (Lipinski definition) is 3. The minimum Gasteiger partial charge on any atom is -0.375 e. The highest BCUT2D eigenvalue weighted by Gasteiger charge is 2.28. The lowest BCUT2D eigenvalue weighted by Gasteiger charge is -2.32. The topological polar surface area (TPSA) is 61.0 Å². The Morgan fingerprint density at radius 1 is 1.44 bits per heavy atom. The third-order valence-electron chi connectivity index (χ3n) is 3.27. The summed E-state index contributed by atoms with van der Waals surface area (Å²) in [6.07, 6.45) is 3.95. The first-order valence-electron chi connectivity index (χ1n) is 5.86. The maximum Gasteiger partial charge on any atom is 0.229 e. The third-order valence-corrected chi connectivity index (χ3v) is 3.27. The second kappa shape index (κ2) is 4.18. The zero-order valence-electron chi connectivity index (χ0n) is 10.1. The molecule has 0 bridgehead atoms. The first-order chi connectivity index (χ1) is 8.75. The van der Waals surface area contributed by atoms with Crippen molar-refractivity contribution in [1.82, 2.24) is 10.2 Å². The zero-order valence-corrected chi connectivity index (χ0v) is 10.1. The van der Waals surface area contributed by atoms with Gasteiger partial charge in [-0.2, -0.15) is 5.10 Å². The highest BCUT2D eigenvalue weighted by Crippen LogP contribution is 2.35. The molecule has 1 atom stereocenters. The highest BCUT2D eigenvalue weighted by atomic mass is 16.2. The number of benzene rings is 1. The summed E-state index contributed by atoms with van der Waals surface area (Å²) in [6, 6.07) is 7.96. The van der Waals surface area contributed by atoms with Crippen LogP contribution in [0.15, 0.2) is 36.7 Å². The Morgan fingerprint density at radius 3 is 3.06 bits per heavy atom. The van der Waals surface area contributed by atoms with Crippen LogP contribution >= 0.6 is 0 Å². The average Bonchev–Trinajstić information content (AvgIpc) is 2.89. The van der Waals surface area contributed by atoms with Crippen molar-refractivity contribution in [2.45, 2.75) is 12.5 Å². The highest BCUT2D eigenvalue weighted by molar-refractivity contribution is 5.96. The van der Waals surface area contributed by atoms with Gasteiger partial charge in [0, 0.05) is 18.9 Å². The summed E-state index contributed by atoms with van der Waals surface area (Å²) in [7, 11) is 1.81. The van der Waals surface area contributed by atoms with Gasteiger partial charge in [-0.3, -0.25) is 9.89 Å². The van der Waals surface area contributed by atoms with Crippen molar-refractivity contribution in [2.75, 3.05) is 17.3 Å². The molecule has 3 rings (SSSR count). The maximum absolute atomic E-state index is 12.0. The van der Waals surface area contributed by atoms with Crippen molar-refractivity contribution in [3.05, 3.63) is 42.2 Å². The van der Waals surface area contributed by atoms with Crippen LogP contribution in [0, 0.1) is 0 Å². The molecular formula is C13H14N4O. The molecule has 1 aromatic heterocycles. The van der Waals surface area contributed by atoms with Gasteiger partial charge >= 0.3 is 0 Å². The van der Waals surface area contributed by atoms with Crippen molar-refractivity contribution in [1.29, 1.82) is 0 Å². The summed E-state index contributed by atoms with van der Waals surface area (Å²) in [6.45, 7) is 0. The maximum atomic E-state index is 12.0. The Balaban J connectivity index is 1.96. The van der Waals surface area contributed by atoms with E-state index in [4.69, 9.17) is 0 Å².